The molecule has 4 nitrogen and oxygen atoms in total. The van der Waals surface area contributed by atoms with Gasteiger partial charge in [0.1, 0.15) is 5.60 Å². The number of nitrogens with zero attached hydrogens (tertiary/aromatic N) is 1. The van der Waals surface area contributed by atoms with E-state index in [-0.39, 0.29) is 0 Å². The first-order chi connectivity index (χ1) is 8.10. The standard InChI is InChI=1S/C12H21N3OS/c1-4-13-11(14-5-2)15-9-12(3,16)10-7-6-8-17-10/h6-8,16H,4-5,9H2,1-3H3,(H2,13,14,15). The molecule has 1 atom stereocenters. The molecular weight excluding hydrogens is 234 g/mol. The molecule has 0 saturated carbocycles. The SMILES string of the molecule is CCNC(=NCC(C)(O)c1cccs1)NCC. The van der Waals surface area contributed by atoms with Crippen LogP contribution in [0.3, 0.4) is 0 Å². The summed E-state index contributed by atoms with van der Waals surface area (Å²) in [5.41, 5.74) is -0.899. The molecule has 0 aliphatic carbocycles. The normalized spacial score (nSPS) is 13.9. The fraction of sp³-hybridized carbons (Fsp3) is 0.583. The fourth-order valence-corrected chi connectivity index (χ4v) is 2.18. The van der Waals surface area contributed by atoms with Crippen LogP contribution in [0.4, 0.5) is 0 Å². The molecule has 0 bridgehead atoms. The summed E-state index contributed by atoms with van der Waals surface area (Å²) in [5.74, 6) is 0.742. The number of rotatable bonds is 5. The van der Waals surface area contributed by atoms with Crippen LogP contribution < -0.4 is 10.6 Å². The minimum Gasteiger partial charge on any atom is -0.383 e. The summed E-state index contributed by atoms with van der Waals surface area (Å²) < 4.78 is 0. The third kappa shape index (κ3) is 4.36. The topological polar surface area (TPSA) is 56.7 Å². The van der Waals surface area contributed by atoms with Crippen LogP contribution in [0.25, 0.3) is 0 Å². The Morgan fingerprint density at radius 3 is 2.53 bits per heavy atom. The first-order valence-corrected chi connectivity index (χ1v) is 6.76. The second-order valence-corrected chi connectivity index (χ2v) is 4.92. The number of aliphatic hydroxyl groups is 1. The number of hydrogen-bond acceptors (Lipinski definition) is 3. The van der Waals surface area contributed by atoms with Crippen molar-refractivity contribution >= 4 is 17.3 Å². The van der Waals surface area contributed by atoms with Crippen molar-refractivity contribution in [2.45, 2.75) is 26.4 Å². The van der Waals surface area contributed by atoms with Crippen molar-refractivity contribution < 1.29 is 5.11 Å². The maximum atomic E-state index is 10.3. The van der Waals surface area contributed by atoms with E-state index in [2.05, 4.69) is 15.6 Å². The second-order valence-electron chi connectivity index (χ2n) is 3.98. The third-order valence-corrected chi connectivity index (χ3v) is 3.41. The molecule has 0 fully saturated rings. The predicted octanol–water partition coefficient (Wildman–Crippen LogP) is 1.53. The lowest BCUT2D eigenvalue weighted by atomic mass is 10.1. The van der Waals surface area contributed by atoms with Gasteiger partial charge in [-0.3, -0.25) is 0 Å². The number of guanidine groups is 1. The number of aliphatic imine (C=N–C) groups is 1. The van der Waals surface area contributed by atoms with E-state index in [0.29, 0.717) is 6.54 Å². The van der Waals surface area contributed by atoms with Gasteiger partial charge < -0.3 is 15.7 Å². The van der Waals surface area contributed by atoms with E-state index >= 15 is 0 Å². The summed E-state index contributed by atoms with van der Waals surface area (Å²) in [7, 11) is 0. The molecule has 5 heteroatoms. The van der Waals surface area contributed by atoms with Gasteiger partial charge in [-0.05, 0) is 32.2 Å². The summed E-state index contributed by atoms with van der Waals surface area (Å²) >= 11 is 1.55. The van der Waals surface area contributed by atoms with Gasteiger partial charge in [0.25, 0.3) is 0 Å². The molecule has 0 radical (unpaired) electrons. The van der Waals surface area contributed by atoms with Crippen LogP contribution in [0, 0.1) is 0 Å². The maximum Gasteiger partial charge on any atom is 0.191 e. The van der Waals surface area contributed by atoms with Crippen molar-refractivity contribution in [1.82, 2.24) is 10.6 Å². The molecule has 1 aromatic heterocycles. The summed E-state index contributed by atoms with van der Waals surface area (Å²) in [6, 6.07) is 3.87. The highest BCUT2D eigenvalue weighted by Crippen LogP contribution is 2.25. The van der Waals surface area contributed by atoms with Gasteiger partial charge in [0, 0.05) is 18.0 Å². The van der Waals surface area contributed by atoms with E-state index in [4.69, 9.17) is 0 Å². The maximum absolute atomic E-state index is 10.3. The van der Waals surface area contributed by atoms with Crippen molar-refractivity contribution in [3.8, 4) is 0 Å². The first kappa shape index (κ1) is 14.0. The minimum absolute atomic E-state index is 0.350. The van der Waals surface area contributed by atoms with Crippen LogP contribution in [-0.4, -0.2) is 30.7 Å². The van der Waals surface area contributed by atoms with E-state index in [9.17, 15) is 5.11 Å². The van der Waals surface area contributed by atoms with Crippen LogP contribution in [0.2, 0.25) is 0 Å². The number of hydrogen-bond donors (Lipinski definition) is 3. The van der Waals surface area contributed by atoms with Gasteiger partial charge in [0.15, 0.2) is 5.96 Å². The van der Waals surface area contributed by atoms with Gasteiger partial charge in [-0.1, -0.05) is 6.07 Å². The lowest BCUT2D eigenvalue weighted by Crippen LogP contribution is -2.38. The number of nitrogens with one attached hydrogen (secondary N) is 2. The molecular formula is C12H21N3OS. The highest BCUT2D eigenvalue weighted by atomic mass is 32.1. The molecule has 1 heterocycles. The second kappa shape index (κ2) is 6.61. The molecule has 1 aromatic rings. The van der Waals surface area contributed by atoms with Crippen LogP contribution >= 0.6 is 11.3 Å². The van der Waals surface area contributed by atoms with Crippen molar-refractivity contribution in [3.63, 3.8) is 0 Å². The molecule has 1 unspecified atom stereocenters. The van der Waals surface area contributed by atoms with Gasteiger partial charge in [-0.15, -0.1) is 11.3 Å². The van der Waals surface area contributed by atoms with Crippen molar-refractivity contribution in [3.05, 3.63) is 22.4 Å². The fourth-order valence-electron chi connectivity index (χ4n) is 1.41. The molecule has 0 aliphatic rings. The lowest BCUT2D eigenvalue weighted by Gasteiger charge is -2.20. The zero-order valence-electron chi connectivity index (χ0n) is 10.7. The highest BCUT2D eigenvalue weighted by molar-refractivity contribution is 7.10. The van der Waals surface area contributed by atoms with Crippen LogP contribution in [0.5, 0.6) is 0 Å². The van der Waals surface area contributed by atoms with Crippen molar-refractivity contribution in [2.24, 2.45) is 4.99 Å². The lowest BCUT2D eigenvalue weighted by molar-refractivity contribution is 0.0711. The molecule has 17 heavy (non-hydrogen) atoms. The summed E-state index contributed by atoms with van der Waals surface area (Å²) in [6.07, 6.45) is 0. The average molecular weight is 255 g/mol. The summed E-state index contributed by atoms with van der Waals surface area (Å²) in [5, 5.41) is 18.5. The quantitative estimate of drug-likeness (QED) is 0.552. The highest BCUT2D eigenvalue weighted by Gasteiger charge is 2.23. The summed E-state index contributed by atoms with van der Waals surface area (Å²) in [4.78, 5) is 5.32. The van der Waals surface area contributed by atoms with Gasteiger partial charge in [-0.2, -0.15) is 0 Å². The van der Waals surface area contributed by atoms with Crippen LogP contribution in [-0.2, 0) is 5.60 Å². The van der Waals surface area contributed by atoms with E-state index in [1.807, 2.05) is 31.4 Å². The number of thiophene rings is 1. The van der Waals surface area contributed by atoms with E-state index in [1.54, 1.807) is 18.3 Å². The van der Waals surface area contributed by atoms with Gasteiger partial charge >= 0.3 is 0 Å². The largest absolute Gasteiger partial charge is 0.383 e. The molecule has 0 saturated heterocycles. The zero-order valence-corrected chi connectivity index (χ0v) is 11.5. The summed E-state index contributed by atoms with van der Waals surface area (Å²) in [6.45, 7) is 7.80. The Hall–Kier alpha value is -1.07. The van der Waals surface area contributed by atoms with E-state index in [0.717, 1.165) is 23.9 Å². The molecule has 3 N–H and O–H groups in total. The van der Waals surface area contributed by atoms with E-state index < -0.39 is 5.60 Å². The molecule has 96 valence electrons. The molecule has 0 spiro atoms. The molecule has 1 rings (SSSR count). The predicted molar refractivity (Wildman–Crippen MR) is 73.5 cm³/mol. The molecule has 0 aliphatic heterocycles. The molecule has 0 amide bonds. The van der Waals surface area contributed by atoms with Crippen molar-refractivity contribution in [2.75, 3.05) is 19.6 Å². The van der Waals surface area contributed by atoms with Crippen LogP contribution in [0.15, 0.2) is 22.5 Å². The van der Waals surface area contributed by atoms with Crippen molar-refractivity contribution in [1.29, 1.82) is 0 Å². The van der Waals surface area contributed by atoms with Crippen LogP contribution in [0.1, 0.15) is 25.6 Å². The monoisotopic (exact) mass is 255 g/mol. The van der Waals surface area contributed by atoms with E-state index in [1.165, 1.54) is 0 Å². The smallest absolute Gasteiger partial charge is 0.191 e. The Labute approximate surface area is 107 Å². The molecule has 0 aromatic carbocycles. The van der Waals surface area contributed by atoms with Gasteiger partial charge in [-0.25, -0.2) is 4.99 Å². The first-order valence-electron chi connectivity index (χ1n) is 5.88. The Morgan fingerprint density at radius 1 is 1.41 bits per heavy atom. The average Bonchev–Trinajstić information content (AvgIpc) is 2.81. The minimum atomic E-state index is -0.899. The Morgan fingerprint density at radius 2 is 2.06 bits per heavy atom. The Balaban J connectivity index is 2.65. The third-order valence-electron chi connectivity index (χ3n) is 2.29. The Kier molecular flexibility index (Phi) is 5.44. The van der Waals surface area contributed by atoms with Gasteiger partial charge in [0.05, 0.1) is 6.54 Å². The van der Waals surface area contributed by atoms with Gasteiger partial charge in [0.2, 0.25) is 0 Å². The zero-order chi connectivity index (χ0) is 12.7. The Bertz CT molecular complexity index is 339.